The molecule has 1 saturated carbocycles. The molecule has 5 heteroatoms. The lowest BCUT2D eigenvalue weighted by atomic mass is 9.68. The summed E-state index contributed by atoms with van der Waals surface area (Å²) in [6.45, 7) is 2.03. The summed E-state index contributed by atoms with van der Waals surface area (Å²) >= 11 is 0. The van der Waals surface area contributed by atoms with Gasteiger partial charge in [-0.15, -0.1) is 0 Å². The molecule has 2 aliphatic rings. The van der Waals surface area contributed by atoms with E-state index in [1.807, 2.05) is 0 Å². The number of carbonyl (C=O) groups is 1. The Kier molecular flexibility index (Phi) is 4.08. The fraction of sp³-hybridized carbons (Fsp3) is 0.688. The Morgan fingerprint density at radius 1 is 1.14 bits per heavy atom. The summed E-state index contributed by atoms with van der Waals surface area (Å²) in [6, 6.07) is 0. The van der Waals surface area contributed by atoms with Gasteiger partial charge in [-0.1, -0.05) is 19.3 Å². The molecule has 0 N–H and O–H groups in total. The average Bonchev–Trinajstić information content (AvgIpc) is 2.56. The van der Waals surface area contributed by atoms with Gasteiger partial charge in [0.15, 0.2) is 5.69 Å². The van der Waals surface area contributed by atoms with Crippen LogP contribution < -0.4 is 4.90 Å². The highest BCUT2D eigenvalue weighted by Crippen LogP contribution is 2.44. The monoisotopic (exact) mass is 289 g/mol. The fourth-order valence-corrected chi connectivity index (χ4v) is 3.72. The molecule has 0 aromatic carbocycles. The topological polar surface area (TPSA) is 55.3 Å². The molecule has 1 aliphatic carbocycles. The van der Waals surface area contributed by atoms with Crippen LogP contribution in [0.5, 0.6) is 0 Å². The number of anilines is 1. The molecule has 1 aromatic heterocycles. The Labute approximate surface area is 125 Å². The Morgan fingerprint density at radius 3 is 2.52 bits per heavy atom. The van der Waals surface area contributed by atoms with E-state index in [9.17, 15) is 4.79 Å². The average molecular weight is 289 g/mol. The van der Waals surface area contributed by atoms with E-state index in [-0.39, 0.29) is 5.69 Å². The van der Waals surface area contributed by atoms with Gasteiger partial charge in [0.1, 0.15) is 5.82 Å². The van der Waals surface area contributed by atoms with Gasteiger partial charge in [-0.25, -0.2) is 9.78 Å². The summed E-state index contributed by atoms with van der Waals surface area (Å²) in [4.78, 5) is 22.3. The second-order valence-corrected chi connectivity index (χ2v) is 6.30. The first-order valence-corrected chi connectivity index (χ1v) is 7.88. The van der Waals surface area contributed by atoms with Gasteiger partial charge in [-0.3, -0.25) is 4.98 Å². The largest absolute Gasteiger partial charge is 0.464 e. The van der Waals surface area contributed by atoms with E-state index in [2.05, 4.69) is 14.9 Å². The van der Waals surface area contributed by atoms with Crippen LogP contribution in [0.1, 0.15) is 55.4 Å². The van der Waals surface area contributed by atoms with Crippen molar-refractivity contribution in [2.24, 2.45) is 5.41 Å². The third-order valence-electron chi connectivity index (χ3n) is 5.08. The maximum absolute atomic E-state index is 11.5. The summed E-state index contributed by atoms with van der Waals surface area (Å²) < 4.78 is 4.71. The standard InChI is InChI=1S/C16H23N3O2/c1-21-15(20)13-11-17-12-14(18-13)19-9-7-16(8-10-19)5-3-2-4-6-16/h11-12H,2-10H2,1H3. The summed E-state index contributed by atoms with van der Waals surface area (Å²) in [6.07, 6.45) is 12.6. The van der Waals surface area contributed by atoms with Gasteiger partial charge >= 0.3 is 5.97 Å². The molecule has 1 spiro atoms. The van der Waals surface area contributed by atoms with E-state index in [1.54, 1.807) is 6.20 Å². The summed E-state index contributed by atoms with van der Waals surface area (Å²) in [5, 5.41) is 0. The van der Waals surface area contributed by atoms with Crippen LogP contribution >= 0.6 is 0 Å². The molecular formula is C16H23N3O2. The van der Waals surface area contributed by atoms with Gasteiger partial charge in [-0.2, -0.15) is 0 Å². The molecule has 2 heterocycles. The summed E-state index contributed by atoms with van der Waals surface area (Å²) in [5.74, 6) is 0.369. The van der Waals surface area contributed by atoms with Crippen molar-refractivity contribution in [1.29, 1.82) is 0 Å². The molecular weight excluding hydrogens is 266 g/mol. The minimum atomic E-state index is -0.426. The SMILES string of the molecule is COC(=O)c1cncc(N2CCC3(CCCCC3)CC2)n1. The number of hydrogen-bond donors (Lipinski definition) is 0. The van der Waals surface area contributed by atoms with E-state index >= 15 is 0 Å². The highest BCUT2D eigenvalue weighted by atomic mass is 16.5. The molecule has 1 aromatic rings. The van der Waals surface area contributed by atoms with Crippen LogP contribution in [0.2, 0.25) is 0 Å². The summed E-state index contributed by atoms with van der Waals surface area (Å²) in [7, 11) is 1.37. The van der Waals surface area contributed by atoms with E-state index in [1.165, 1.54) is 58.3 Å². The van der Waals surface area contributed by atoms with Crippen LogP contribution in [0, 0.1) is 5.41 Å². The van der Waals surface area contributed by atoms with E-state index in [0.717, 1.165) is 18.9 Å². The molecule has 0 unspecified atom stereocenters. The molecule has 2 fully saturated rings. The van der Waals surface area contributed by atoms with Crippen LogP contribution in [0.25, 0.3) is 0 Å². The number of rotatable bonds is 2. The lowest BCUT2D eigenvalue weighted by Crippen LogP contribution is -2.41. The highest BCUT2D eigenvalue weighted by Gasteiger charge is 2.35. The fourth-order valence-electron chi connectivity index (χ4n) is 3.72. The number of ether oxygens (including phenoxy) is 1. The summed E-state index contributed by atoms with van der Waals surface area (Å²) in [5.41, 5.74) is 0.857. The van der Waals surface area contributed by atoms with Crippen molar-refractivity contribution in [1.82, 2.24) is 9.97 Å². The van der Waals surface area contributed by atoms with Crippen LogP contribution in [0.3, 0.4) is 0 Å². The van der Waals surface area contributed by atoms with Crippen LogP contribution in [-0.2, 0) is 4.74 Å². The molecule has 0 bridgehead atoms. The van der Waals surface area contributed by atoms with E-state index < -0.39 is 5.97 Å². The van der Waals surface area contributed by atoms with Crippen LogP contribution in [-0.4, -0.2) is 36.1 Å². The van der Waals surface area contributed by atoms with Gasteiger partial charge in [-0.05, 0) is 31.1 Å². The molecule has 21 heavy (non-hydrogen) atoms. The van der Waals surface area contributed by atoms with Crippen molar-refractivity contribution in [3.63, 3.8) is 0 Å². The smallest absolute Gasteiger partial charge is 0.358 e. The molecule has 3 rings (SSSR count). The molecule has 5 nitrogen and oxygen atoms in total. The number of nitrogens with zero attached hydrogens (tertiary/aromatic N) is 3. The first-order valence-electron chi connectivity index (χ1n) is 7.88. The van der Waals surface area contributed by atoms with Gasteiger partial charge in [0.05, 0.1) is 19.5 Å². The highest BCUT2D eigenvalue weighted by molar-refractivity contribution is 5.87. The second-order valence-electron chi connectivity index (χ2n) is 6.30. The number of esters is 1. The predicted molar refractivity (Wildman–Crippen MR) is 80.3 cm³/mol. The van der Waals surface area contributed by atoms with Crippen LogP contribution in [0.15, 0.2) is 12.4 Å². The molecule has 1 aliphatic heterocycles. The minimum absolute atomic E-state index is 0.285. The Bertz CT molecular complexity index is 502. The van der Waals surface area contributed by atoms with Gasteiger partial charge < -0.3 is 9.64 Å². The number of aromatic nitrogens is 2. The number of carbonyl (C=O) groups excluding carboxylic acids is 1. The van der Waals surface area contributed by atoms with Gasteiger partial charge in [0, 0.05) is 13.1 Å². The lowest BCUT2D eigenvalue weighted by molar-refractivity contribution is 0.0593. The zero-order valence-corrected chi connectivity index (χ0v) is 12.7. The minimum Gasteiger partial charge on any atom is -0.464 e. The first-order chi connectivity index (χ1) is 10.2. The Balaban J connectivity index is 1.68. The van der Waals surface area contributed by atoms with Gasteiger partial charge in [0.25, 0.3) is 0 Å². The molecule has 0 amide bonds. The Hall–Kier alpha value is -1.65. The van der Waals surface area contributed by atoms with Crippen molar-refractivity contribution in [3.8, 4) is 0 Å². The zero-order chi connectivity index (χ0) is 14.7. The normalized spacial score (nSPS) is 21.3. The third-order valence-corrected chi connectivity index (χ3v) is 5.08. The van der Waals surface area contributed by atoms with Crippen molar-refractivity contribution >= 4 is 11.8 Å². The first kappa shape index (κ1) is 14.3. The second kappa shape index (κ2) is 6.00. The Morgan fingerprint density at radius 2 is 1.86 bits per heavy atom. The lowest BCUT2D eigenvalue weighted by Gasteiger charge is -2.44. The zero-order valence-electron chi connectivity index (χ0n) is 12.7. The number of hydrogen-bond acceptors (Lipinski definition) is 5. The predicted octanol–water partition coefficient (Wildman–Crippen LogP) is 2.81. The van der Waals surface area contributed by atoms with E-state index in [0.29, 0.717) is 5.41 Å². The quantitative estimate of drug-likeness (QED) is 0.784. The maximum atomic E-state index is 11.5. The molecule has 114 valence electrons. The van der Waals surface area contributed by atoms with Crippen molar-refractivity contribution in [3.05, 3.63) is 18.1 Å². The number of piperidine rings is 1. The van der Waals surface area contributed by atoms with Crippen molar-refractivity contribution in [2.45, 2.75) is 44.9 Å². The van der Waals surface area contributed by atoms with Crippen molar-refractivity contribution in [2.75, 3.05) is 25.1 Å². The van der Waals surface area contributed by atoms with E-state index in [4.69, 9.17) is 4.74 Å². The maximum Gasteiger partial charge on any atom is 0.358 e. The van der Waals surface area contributed by atoms with Crippen LogP contribution in [0.4, 0.5) is 5.82 Å². The molecule has 0 atom stereocenters. The van der Waals surface area contributed by atoms with Crippen molar-refractivity contribution < 1.29 is 9.53 Å². The molecule has 0 radical (unpaired) electrons. The van der Waals surface area contributed by atoms with Gasteiger partial charge in [0.2, 0.25) is 0 Å². The molecule has 1 saturated heterocycles. The third kappa shape index (κ3) is 3.01. The number of methoxy groups -OCH3 is 1.